The van der Waals surface area contributed by atoms with Gasteiger partial charge in [0.25, 0.3) is 0 Å². The van der Waals surface area contributed by atoms with Gasteiger partial charge in [-0.3, -0.25) is 4.79 Å². The lowest BCUT2D eigenvalue weighted by Gasteiger charge is -2.35. The van der Waals surface area contributed by atoms with Gasteiger partial charge in [-0.25, -0.2) is 0 Å². The van der Waals surface area contributed by atoms with Gasteiger partial charge in [0, 0.05) is 6.42 Å². The zero-order valence-corrected chi connectivity index (χ0v) is 8.33. The van der Waals surface area contributed by atoms with Crippen molar-refractivity contribution in [2.45, 2.75) is 25.1 Å². The molecule has 5 heteroatoms. The second-order valence-corrected chi connectivity index (χ2v) is 4.71. The Hall–Kier alpha value is -0.385. The number of hydrogen-bond acceptors (Lipinski definition) is 3. The standard InChI is InChI=1S/C9H16BNO3/c12-9-2-1-8(7-9)10-11(3-5-13-10)4-6-14-10/h8,11H,1-7H2. The molecule has 4 nitrogen and oxygen atoms in total. The van der Waals surface area contributed by atoms with Crippen LogP contribution >= 0.6 is 0 Å². The van der Waals surface area contributed by atoms with Crippen molar-refractivity contribution in [2.75, 3.05) is 26.3 Å². The summed E-state index contributed by atoms with van der Waals surface area (Å²) in [6.45, 7) is 2.59. The third-order valence-electron chi connectivity index (χ3n) is 4.05. The summed E-state index contributed by atoms with van der Waals surface area (Å²) in [4.78, 5) is 12.7. The Morgan fingerprint density at radius 1 is 1.29 bits per heavy atom. The molecule has 0 radical (unpaired) electrons. The zero-order valence-electron chi connectivity index (χ0n) is 8.33. The summed E-state index contributed by atoms with van der Waals surface area (Å²) in [5, 5.41) is 0. The third-order valence-corrected chi connectivity index (χ3v) is 4.05. The van der Waals surface area contributed by atoms with E-state index in [4.69, 9.17) is 9.31 Å². The van der Waals surface area contributed by atoms with Crippen LogP contribution in [0, 0.1) is 0 Å². The molecule has 1 N–H and O–H groups in total. The molecule has 1 saturated carbocycles. The minimum Gasteiger partial charge on any atom is -0.509 e. The summed E-state index contributed by atoms with van der Waals surface area (Å²) in [6.07, 6.45) is 2.39. The highest BCUT2D eigenvalue weighted by atomic mass is 16.6. The molecule has 0 aromatic rings. The van der Waals surface area contributed by atoms with Crippen LogP contribution < -0.4 is 4.81 Å². The monoisotopic (exact) mass is 197 g/mol. The molecule has 2 heterocycles. The topological polar surface area (TPSA) is 40.0 Å². The van der Waals surface area contributed by atoms with Gasteiger partial charge in [0.15, 0.2) is 0 Å². The van der Waals surface area contributed by atoms with Gasteiger partial charge in [0.2, 0.25) is 0 Å². The van der Waals surface area contributed by atoms with Gasteiger partial charge in [0.1, 0.15) is 5.78 Å². The first-order valence-corrected chi connectivity index (χ1v) is 5.61. The number of hydrogen-bond donors (Lipinski definition) is 1. The van der Waals surface area contributed by atoms with E-state index in [0.717, 1.165) is 39.1 Å². The van der Waals surface area contributed by atoms with Crippen molar-refractivity contribution in [1.82, 2.24) is 0 Å². The molecule has 0 spiro atoms. The van der Waals surface area contributed by atoms with Crippen LogP contribution in [0.1, 0.15) is 19.3 Å². The fourth-order valence-electron chi connectivity index (χ4n) is 3.36. The van der Waals surface area contributed by atoms with E-state index in [-0.39, 0.29) is 0 Å². The molecule has 0 amide bonds. The molecule has 2 aliphatic heterocycles. The summed E-state index contributed by atoms with van der Waals surface area (Å²) in [5.74, 6) is 0.749. The highest BCUT2D eigenvalue weighted by Gasteiger charge is 2.56. The quantitative estimate of drug-likeness (QED) is 0.547. The van der Waals surface area contributed by atoms with Crippen LogP contribution in [0.2, 0.25) is 5.82 Å². The SMILES string of the molecule is O=C1CCC([B-]23OCC[NH+]2CCO3)C1. The van der Waals surface area contributed by atoms with Crippen molar-refractivity contribution >= 4 is 12.5 Å². The fraction of sp³-hybridized carbons (Fsp3) is 0.889. The maximum atomic E-state index is 11.3. The number of ketones is 1. The molecule has 3 rings (SSSR count). The lowest BCUT2D eigenvalue weighted by molar-refractivity contribution is -0.784. The first-order valence-electron chi connectivity index (χ1n) is 5.61. The average Bonchev–Trinajstić information content (AvgIpc) is 2.75. The van der Waals surface area contributed by atoms with Gasteiger partial charge in [-0.2, -0.15) is 0 Å². The van der Waals surface area contributed by atoms with Crippen LogP contribution in [0.15, 0.2) is 0 Å². The predicted octanol–water partition coefficient (Wildman–Crippen LogP) is -1.01. The van der Waals surface area contributed by atoms with Gasteiger partial charge in [0.05, 0.1) is 26.3 Å². The highest BCUT2D eigenvalue weighted by molar-refractivity contribution is 6.61. The molecule has 1 unspecified atom stereocenters. The molecular formula is C9H16BNO3. The lowest BCUT2D eigenvalue weighted by Crippen LogP contribution is -3.19. The van der Waals surface area contributed by atoms with Crippen LogP contribution in [0.4, 0.5) is 0 Å². The molecule has 3 aliphatic rings. The van der Waals surface area contributed by atoms with Crippen molar-refractivity contribution in [1.29, 1.82) is 0 Å². The van der Waals surface area contributed by atoms with Crippen molar-refractivity contribution < 1.29 is 18.9 Å². The Kier molecular flexibility index (Phi) is 1.94. The largest absolute Gasteiger partial charge is 0.509 e. The number of nitrogens with one attached hydrogen (secondary N) is 1. The van der Waals surface area contributed by atoms with Crippen molar-refractivity contribution in [3.05, 3.63) is 0 Å². The number of carbonyl (C=O) groups is 1. The second-order valence-electron chi connectivity index (χ2n) is 4.71. The van der Waals surface area contributed by atoms with Gasteiger partial charge >= 0.3 is 6.69 Å². The highest BCUT2D eigenvalue weighted by Crippen LogP contribution is 2.36. The Bertz CT molecular complexity index is 261. The molecular weight excluding hydrogens is 181 g/mol. The van der Waals surface area contributed by atoms with Crippen LogP contribution in [-0.4, -0.2) is 38.8 Å². The lowest BCUT2D eigenvalue weighted by atomic mass is 9.57. The summed E-state index contributed by atoms with van der Waals surface area (Å²) in [7, 11) is 0. The molecule has 0 aromatic heterocycles. The van der Waals surface area contributed by atoms with Crippen molar-refractivity contribution in [3.8, 4) is 0 Å². The predicted molar refractivity (Wildman–Crippen MR) is 51.0 cm³/mol. The molecule has 14 heavy (non-hydrogen) atoms. The number of Topliss-reactive ketones (excluding diaryl/α,β-unsaturated/α-hetero) is 1. The number of fused-ring (bicyclic) bond motifs is 1. The molecule has 1 atom stereocenters. The Morgan fingerprint density at radius 2 is 2.00 bits per heavy atom. The van der Waals surface area contributed by atoms with Crippen LogP contribution in [0.25, 0.3) is 0 Å². The van der Waals surface area contributed by atoms with Crippen molar-refractivity contribution in [3.63, 3.8) is 0 Å². The minimum atomic E-state index is -1.15. The average molecular weight is 197 g/mol. The van der Waals surface area contributed by atoms with Crippen LogP contribution in [-0.2, 0) is 14.1 Å². The normalized spacial score (nSPS) is 47.3. The van der Waals surface area contributed by atoms with Gasteiger partial charge in [-0.15, -0.1) is 0 Å². The van der Waals surface area contributed by atoms with Gasteiger partial charge in [-0.05, 0) is 12.2 Å². The van der Waals surface area contributed by atoms with E-state index >= 15 is 0 Å². The fourth-order valence-corrected chi connectivity index (χ4v) is 3.36. The third kappa shape index (κ3) is 1.09. The van der Waals surface area contributed by atoms with Gasteiger partial charge < -0.3 is 14.1 Å². The van der Waals surface area contributed by atoms with E-state index in [0.29, 0.717) is 18.0 Å². The van der Waals surface area contributed by atoms with E-state index in [1.54, 1.807) is 0 Å². The number of quaternary nitrogens is 1. The molecule has 0 bridgehead atoms. The second kappa shape index (κ2) is 3.05. The Morgan fingerprint density at radius 3 is 2.57 bits per heavy atom. The molecule has 2 saturated heterocycles. The van der Waals surface area contributed by atoms with E-state index in [9.17, 15) is 4.79 Å². The minimum absolute atomic E-state index is 0.363. The summed E-state index contributed by atoms with van der Waals surface area (Å²) in [6, 6.07) is 0. The maximum Gasteiger partial charge on any atom is 0.474 e. The summed E-state index contributed by atoms with van der Waals surface area (Å²) in [5.41, 5.74) is 0. The van der Waals surface area contributed by atoms with E-state index in [1.807, 2.05) is 0 Å². The van der Waals surface area contributed by atoms with E-state index in [2.05, 4.69) is 0 Å². The van der Waals surface area contributed by atoms with E-state index < -0.39 is 6.69 Å². The van der Waals surface area contributed by atoms with Crippen LogP contribution in [0.5, 0.6) is 0 Å². The number of rotatable bonds is 1. The maximum absolute atomic E-state index is 11.3. The smallest absolute Gasteiger partial charge is 0.474 e. The molecule has 78 valence electrons. The summed E-state index contributed by atoms with van der Waals surface area (Å²) < 4.78 is 11.7. The summed E-state index contributed by atoms with van der Waals surface area (Å²) >= 11 is 0. The van der Waals surface area contributed by atoms with Crippen LogP contribution in [0.3, 0.4) is 0 Å². The zero-order chi connectivity index (χ0) is 9.60. The number of carbonyl (C=O) groups excluding carboxylic acids is 1. The first-order chi connectivity index (χ1) is 6.81. The Balaban J connectivity index is 1.84. The molecule has 0 aromatic carbocycles. The van der Waals surface area contributed by atoms with Crippen molar-refractivity contribution in [2.24, 2.45) is 0 Å². The Labute approximate surface area is 83.5 Å². The van der Waals surface area contributed by atoms with Gasteiger partial charge in [-0.1, -0.05) is 6.42 Å². The van der Waals surface area contributed by atoms with E-state index in [1.165, 1.54) is 4.81 Å². The molecule has 3 fully saturated rings. The molecule has 1 aliphatic carbocycles. The first kappa shape index (κ1) is 8.89.